The van der Waals surface area contributed by atoms with Gasteiger partial charge in [-0.1, -0.05) is 6.07 Å². The van der Waals surface area contributed by atoms with Crippen LogP contribution in [0.15, 0.2) is 17.5 Å². The molecule has 0 amide bonds. The molecule has 0 fully saturated rings. The number of carbonyl (C=O) groups excluding carboxylic acids is 1. The Bertz CT molecular complexity index is 193. The molecule has 0 aliphatic heterocycles. The van der Waals surface area contributed by atoms with Gasteiger partial charge in [0.25, 0.3) is 0 Å². The highest BCUT2D eigenvalue weighted by Crippen LogP contribution is 2.20. The van der Waals surface area contributed by atoms with Crippen LogP contribution < -0.4 is 0 Å². The maximum Gasteiger partial charge on any atom is 0.122 e. The van der Waals surface area contributed by atoms with E-state index >= 15 is 0 Å². The lowest BCUT2D eigenvalue weighted by Crippen LogP contribution is -1.93. The minimum absolute atomic E-state index is 0.195. The number of rotatable bonds is 3. The molecule has 0 aliphatic rings. The van der Waals surface area contributed by atoms with E-state index in [9.17, 15) is 9.90 Å². The first-order valence-corrected chi connectivity index (χ1v) is 3.87. The van der Waals surface area contributed by atoms with Crippen molar-refractivity contribution < 1.29 is 9.90 Å². The standard InChI is InChI=1S/C7H8O2S/c8-4-3-6(9)7-2-1-5-10-7/h1-2,4-6,9H,3H2/t6-/m1/s1. The first-order chi connectivity index (χ1) is 4.84. The van der Waals surface area contributed by atoms with E-state index in [2.05, 4.69) is 0 Å². The first kappa shape index (κ1) is 7.44. The van der Waals surface area contributed by atoms with E-state index in [1.54, 1.807) is 0 Å². The van der Waals surface area contributed by atoms with Gasteiger partial charge >= 0.3 is 0 Å². The summed E-state index contributed by atoms with van der Waals surface area (Å²) in [5.74, 6) is 0. The topological polar surface area (TPSA) is 37.3 Å². The minimum atomic E-state index is -0.600. The summed E-state index contributed by atoms with van der Waals surface area (Å²) in [5.41, 5.74) is 0. The van der Waals surface area contributed by atoms with E-state index in [1.165, 1.54) is 11.3 Å². The number of aliphatic hydroxyl groups excluding tert-OH is 1. The lowest BCUT2D eigenvalue weighted by atomic mass is 10.2. The monoisotopic (exact) mass is 156 g/mol. The normalized spacial score (nSPS) is 12.9. The lowest BCUT2D eigenvalue weighted by molar-refractivity contribution is -0.109. The van der Waals surface area contributed by atoms with Gasteiger partial charge < -0.3 is 9.90 Å². The quantitative estimate of drug-likeness (QED) is 0.671. The maximum absolute atomic E-state index is 9.96. The number of hydrogen-bond donors (Lipinski definition) is 1. The molecule has 0 saturated carbocycles. The summed E-state index contributed by atoms with van der Waals surface area (Å²) in [6.07, 6.45) is 0.322. The highest BCUT2D eigenvalue weighted by atomic mass is 32.1. The van der Waals surface area contributed by atoms with Gasteiger partial charge in [-0.2, -0.15) is 0 Å². The Morgan fingerprint density at radius 1 is 1.80 bits per heavy atom. The van der Waals surface area contributed by atoms with Crippen molar-refractivity contribution in [2.24, 2.45) is 0 Å². The summed E-state index contributed by atoms with van der Waals surface area (Å²) in [6, 6.07) is 3.67. The third-order valence-corrected chi connectivity index (χ3v) is 2.16. The van der Waals surface area contributed by atoms with Crippen molar-refractivity contribution in [2.45, 2.75) is 12.5 Å². The van der Waals surface area contributed by atoms with Crippen molar-refractivity contribution in [1.29, 1.82) is 0 Å². The van der Waals surface area contributed by atoms with E-state index in [-0.39, 0.29) is 6.42 Å². The molecular weight excluding hydrogens is 148 g/mol. The molecule has 3 heteroatoms. The van der Waals surface area contributed by atoms with Gasteiger partial charge in [0.15, 0.2) is 0 Å². The lowest BCUT2D eigenvalue weighted by Gasteiger charge is -2.00. The molecule has 1 aromatic rings. The van der Waals surface area contributed by atoms with Crippen molar-refractivity contribution >= 4 is 17.6 Å². The van der Waals surface area contributed by atoms with Crippen LogP contribution in [0.1, 0.15) is 17.4 Å². The molecule has 54 valence electrons. The summed E-state index contributed by atoms with van der Waals surface area (Å²) in [4.78, 5) is 10.8. The molecule has 1 rings (SSSR count). The van der Waals surface area contributed by atoms with Gasteiger partial charge in [-0.3, -0.25) is 0 Å². The van der Waals surface area contributed by atoms with Crippen molar-refractivity contribution in [1.82, 2.24) is 0 Å². The van der Waals surface area contributed by atoms with Crippen molar-refractivity contribution in [3.8, 4) is 0 Å². The predicted molar refractivity (Wildman–Crippen MR) is 40.0 cm³/mol. The Balaban J connectivity index is 2.58. The third-order valence-electron chi connectivity index (χ3n) is 1.19. The number of aliphatic hydroxyl groups is 1. The summed E-state index contributed by atoms with van der Waals surface area (Å²) in [5, 5.41) is 11.1. The molecule has 0 radical (unpaired) electrons. The second-order valence-electron chi connectivity index (χ2n) is 1.93. The second kappa shape index (κ2) is 3.49. The summed E-state index contributed by atoms with van der Waals surface area (Å²) < 4.78 is 0. The molecule has 1 N–H and O–H groups in total. The average Bonchev–Trinajstić information content (AvgIpc) is 2.38. The molecule has 0 aliphatic carbocycles. The first-order valence-electron chi connectivity index (χ1n) is 2.99. The third kappa shape index (κ3) is 1.65. The Hall–Kier alpha value is -0.670. The van der Waals surface area contributed by atoms with Gasteiger partial charge in [0, 0.05) is 11.3 Å². The zero-order valence-corrected chi connectivity index (χ0v) is 6.17. The SMILES string of the molecule is O=CC[C@@H](O)c1cccs1. The zero-order valence-electron chi connectivity index (χ0n) is 5.36. The largest absolute Gasteiger partial charge is 0.387 e. The molecule has 10 heavy (non-hydrogen) atoms. The van der Waals surface area contributed by atoms with Crippen LogP contribution in [0.25, 0.3) is 0 Å². The molecule has 0 spiro atoms. The fraction of sp³-hybridized carbons (Fsp3) is 0.286. The van der Waals surface area contributed by atoms with Crippen LogP contribution in [0.3, 0.4) is 0 Å². The van der Waals surface area contributed by atoms with Crippen LogP contribution in [0.2, 0.25) is 0 Å². The van der Waals surface area contributed by atoms with Crippen LogP contribution in [0.4, 0.5) is 0 Å². The summed E-state index contributed by atoms with van der Waals surface area (Å²) in [7, 11) is 0. The van der Waals surface area contributed by atoms with Crippen LogP contribution >= 0.6 is 11.3 Å². The van der Waals surface area contributed by atoms with Gasteiger partial charge in [0.05, 0.1) is 6.10 Å². The molecule has 1 aromatic heterocycles. The second-order valence-corrected chi connectivity index (χ2v) is 2.91. The predicted octanol–water partition coefficient (Wildman–Crippen LogP) is 1.37. The molecule has 0 bridgehead atoms. The van der Waals surface area contributed by atoms with Gasteiger partial charge in [0.2, 0.25) is 0 Å². The van der Waals surface area contributed by atoms with Crippen molar-refractivity contribution in [2.75, 3.05) is 0 Å². The van der Waals surface area contributed by atoms with Crippen LogP contribution in [0, 0.1) is 0 Å². The van der Waals surface area contributed by atoms with E-state index in [4.69, 9.17) is 0 Å². The molecule has 2 nitrogen and oxygen atoms in total. The fourth-order valence-electron chi connectivity index (χ4n) is 0.688. The molecule has 1 heterocycles. The number of hydrogen-bond acceptors (Lipinski definition) is 3. The molecule has 0 unspecified atom stereocenters. The van der Waals surface area contributed by atoms with Crippen LogP contribution in [-0.4, -0.2) is 11.4 Å². The Morgan fingerprint density at radius 2 is 2.60 bits per heavy atom. The minimum Gasteiger partial charge on any atom is -0.387 e. The average molecular weight is 156 g/mol. The van der Waals surface area contributed by atoms with Gasteiger partial charge in [-0.05, 0) is 11.4 Å². The molecular formula is C7H8O2S. The number of aldehydes is 1. The van der Waals surface area contributed by atoms with Crippen LogP contribution in [0.5, 0.6) is 0 Å². The number of thiophene rings is 1. The van der Waals surface area contributed by atoms with Gasteiger partial charge in [-0.25, -0.2) is 0 Å². The number of carbonyl (C=O) groups is 1. The Labute approximate surface area is 63.1 Å². The van der Waals surface area contributed by atoms with E-state index < -0.39 is 6.10 Å². The highest BCUT2D eigenvalue weighted by molar-refractivity contribution is 7.10. The Kier molecular flexibility index (Phi) is 2.59. The van der Waals surface area contributed by atoms with Crippen molar-refractivity contribution in [3.05, 3.63) is 22.4 Å². The van der Waals surface area contributed by atoms with Crippen molar-refractivity contribution in [3.63, 3.8) is 0 Å². The van der Waals surface area contributed by atoms with E-state index in [0.29, 0.717) is 0 Å². The van der Waals surface area contributed by atoms with Gasteiger partial charge in [-0.15, -0.1) is 11.3 Å². The smallest absolute Gasteiger partial charge is 0.122 e. The highest BCUT2D eigenvalue weighted by Gasteiger charge is 2.05. The maximum atomic E-state index is 9.96. The fourth-order valence-corrected chi connectivity index (χ4v) is 1.41. The van der Waals surface area contributed by atoms with E-state index in [0.717, 1.165) is 11.2 Å². The van der Waals surface area contributed by atoms with Gasteiger partial charge in [0.1, 0.15) is 6.29 Å². The van der Waals surface area contributed by atoms with Crippen LogP contribution in [-0.2, 0) is 4.79 Å². The molecule has 0 saturated heterocycles. The Morgan fingerprint density at radius 3 is 3.10 bits per heavy atom. The zero-order chi connectivity index (χ0) is 7.40. The molecule has 1 atom stereocenters. The summed E-state index contributed by atoms with van der Waals surface area (Å²) >= 11 is 1.46. The molecule has 0 aromatic carbocycles. The van der Waals surface area contributed by atoms with E-state index in [1.807, 2.05) is 17.5 Å². The summed E-state index contributed by atoms with van der Waals surface area (Å²) in [6.45, 7) is 0.